The number of carbonyl (C=O) groups is 1. The number of aliphatic hydroxyl groups excluding tert-OH is 1. The van der Waals surface area contributed by atoms with E-state index in [1.54, 1.807) is 23.2 Å². The molecule has 13 heavy (non-hydrogen) atoms. The smallest absolute Gasteiger partial charge is 0.270 e. The third-order valence-corrected chi connectivity index (χ3v) is 2.33. The highest BCUT2D eigenvalue weighted by Gasteiger charge is 2.30. The van der Waals surface area contributed by atoms with Gasteiger partial charge in [-0.25, -0.2) is 0 Å². The molecule has 4 heteroatoms. The van der Waals surface area contributed by atoms with Gasteiger partial charge in [-0.05, 0) is 12.1 Å². The second-order valence-electron chi connectivity index (χ2n) is 3.34. The normalized spacial score (nSPS) is 17.2. The molecule has 0 atom stereocenters. The molecule has 0 spiro atoms. The van der Waals surface area contributed by atoms with Gasteiger partial charge < -0.3 is 15.0 Å². The zero-order valence-corrected chi connectivity index (χ0v) is 7.23. The van der Waals surface area contributed by atoms with E-state index in [9.17, 15) is 4.79 Å². The van der Waals surface area contributed by atoms with Crippen molar-refractivity contribution < 1.29 is 9.90 Å². The van der Waals surface area contributed by atoms with Crippen molar-refractivity contribution in [2.75, 3.05) is 19.7 Å². The summed E-state index contributed by atoms with van der Waals surface area (Å²) in [5.41, 5.74) is 0.622. The Morgan fingerprint density at radius 1 is 1.69 bits per heavy atom. The third kappa shape index (κ3) is 1.45. The molecule has 2 heterocycles. The van der Waals surface area contributed by atoms with Crippen LogP contribution in [-0.4, -0.2) is 40.6 Å². The summed E-state index contributed by atoms with van der Waals surface area (Å²) in [6, 6.07) is 3.56. The van der Waals surface area contributed by atoms with E-state index >= 15 is 0 Å². The third-order valence-electron chi connectivity index (χ3n) is 2.33. The number of rotatable bonds is 2. The Labute approximate surface area is 76.2 Å². The van der Waals surface area contributed by atoms with Gasteiger partial charge in [-0.2, -0.15) is 0 Å². The second-order valence-corrected chi connectivity index (χ2v) is 3.34. The maximum absolute atomic E-state index is 11.6. The van der Waals surface area contributed by atoms with Crippen molar-refractivity contribution in [3.05, 3.63) is 24.0 Å². The quantitative estimate of drug-likeness (QED) is 0.677. The van der Waals surface area contributed by atoms with E-state index in [0.29, 0.717) is 18.8 Å². The van der Waals surface area contributed by atoms with E-state index < -0.39 is 0 Å². The molecule has 4 nitrogen and oxygen atoms in total. The lowest BCUT2D eigenvalue weighted by molar-refractivity contribution is 0.0357. The number of nitrogens with one attached hydrogen (secondary N) is 1. The number of carbonyl (C=O) groups excluding carboxylic acids is 1. The van der Waals surface area contributed by atoms with Gasteiger partial charge in [-0.1, -0.05) is 0 Å². The summed E-state index contributed by atoms with van der Waals surface area (Å²) in [6.07, 6.45) is 1.73. The first kappa shape index (κ1) is 8.31. The highest BCUT2D eigenvalue weighted by Crippen LogP contribution is 2.16. The molecule has 1 amide bonds. The molecule has 1 aromatic heterocycles. The van der Waals surface area contributed by atoms with Crippen molar-refractivity contribution in [2.45, 2.75) is 0 Å². The topological polar surface area (TPSA) is 56.3 Å². The number of aromatic nitrogens is 1. The number of amides is 1. The predicted molar refractivity (Wildman–Crippen MR) is 47.3 cm³/mol. The molecule has 2 rings (SSSR count). The molecule has 1 aromatic rings. The molecule has 70 valence electrons. The lowest BCUT2D eigenvalue weighted by atomic mass is 10.0. The fourth-order valence-electron chi connectivity index (χ4n) is 1.48. The van der Waals surface area contributed by atoms with Crippen LogP contribution in [0.3, 0.4) is 0 Å². The lowest BCUT2D eigenvalue weighted by Gasteiger charge is -2.37. The van der Waals surface area contributed by atoms with Gasteiger partial charge in [0, 0.05) is 31.8 Å². The average Bonchev–Trinajstić information content (AvgIpc) is 2.53. The molecule has 0 saturated carbocycles. The van der Waals surface area contributed by atoms with Crippen LogP contribution in [0.25, 0.3) is 0 Å². The number of hydrogen-bond acceptors (Lipinski definition) is 2. The zero-order valence-electron chi connectivity index (χ0n) is 7.23. The fraction of sp³-hybridized carbons (Fsp3) is 0.444. The van der Waals surface area contributed by atoms with Crippen molar-refractivity contribution in [3.63, 3.8) is 0 Å². The first-order valence-electron chi connectivity index (χ1n) is 4.35. The van der Waals surface area contributed by atoms with Gasteiger partial charge in [0.1, 0.15) is 5.69 Å². The lowest BCUT2D eigenvalue weighted by Crippen LogP contribution is -2.51. The summed E-state index contributed by atoms with van der Waals surface area (Å²) < 4.78 is 0. The molecule has 0 bridgehead atoms. The van der Waals surface area contributed by atoms with Gasteiger partial charge in [0.05, 0.1) is 0 Å². The fourth-order valence-corrected chi connectivity index (χ4v) is 1.48. The van der Waals surface area contributed by atoms with Crippen molar-refractivity contribution in [3.8, 4) is 0 Å². The van der Waals surface area contributed by atoms with Gasteiger partial charge in [-0.15, -0.1) is 0 Å². The Balaban J connectivity index is 1.94. The minimum atomic E-state index is 0.0229. The van der Waals surface area contributed by atoms with Crippen molar-refractivity contribution >= 4 is 5.91 Å². The van der Waals surface area contributed by atoms with Crippen molar-refractivity contribution in [1.29, 1.82) is 0 Å². The second kappa shape index (κ2) is 3.22. The van der Waals surface area contributed by atoms with Crippen molar-refractivity contribution in [2.24, 2.45) is 5.92 Å². The molecule has 1 fully saturated rings. The molecule has 1 aliphatic rings. The monoisotopic (exact) mass is 180 g/mol. The molecule has 2 N–H and O–H groups in total. The van der Waals surface area contributed by atoms with Gasteiger partial charge in [0.2, 0.25) is 0 Å². The van der Waals surface area contributed by atoms with Gasteiger partial charge in [0.25, 0.3) is 5.91 Å². The van der Waals surface area contributed by atoms with Crippen LogP contribution in [0.15, 0.2) is 18.3 Å². The number of hydrogen-bond donors (Lipinski definition) is 2. The highest BCUT2D eigenvalue weighted by molar-refractivity contribution is 5.92. The minimum absolute atomic E-state index is 0.0229. The number of likely N-dealkylation sites (tertiary alicyclic amines) is 1. The Morgan fingerprint density at radius 3 is 3.00 bits per heavy atom. The molecular weight excluding hydrogens is 168 g/mol. The summed E-state index contributed by atoms with van der Waals surface area (Å²) in [5, 5.41) is 8.77. The standard InChI is InChI=1S/C9H12N2O2/c12-6-7-4-11(5-7)9(13)8-2-1-3-10-8/h1-3,7,10,12H,4-6H2. The Morgan fingerprint density at radius 2 is 2.46 bits per heavy atom. The molecule has 0 radical (unpaired) electrons. The molecule has 0 aliphatic carbocycles. The van der Waals surface area contributed by atoms with Crippen LogP contribution in [0.1, 0.15) is 10.5 Å². The molecule has 0 aromatic carbocycles. The van der Waals surface area contributed by atoms with E-state index in [0.717, 1.165) is 0 Å². The Bertz CT molecular complexity index is 289. The van der Waals surface area contributed by atoms with Crippen LogP contribution in [0, 0.1) is 5.92 Å². The SMILES string of the molecule is O=C(c1ccc[nH]1)N1CC(CO)C1. The summed E-state index contributed by atoms with van der Waals surface area (Å²) in [5.74, 6) is 0.300. The maximum Gasteiger partial charge on any atom is 0.270 e. The van der Waals surface area contributed by atoms with E-state index in [1.807, 2.05) is 0 Å². The first-order chi connectivity index (χ1) is 6.31. The molecule has 0 unspecified atom stereocenters. The van der Waals surface area contributed by atoms with Crippen LogP contribution in [0.4, 0.5) is 0 Å². The summed E-state index contributed by atoms with van der Waals surface area (Å²) in [4.78, 5) is 16.2. The van der Waals surface area contributed by atoms with E-state index in [2.05, 4.69) is 4.98 Å². The largest absolute Gasteiger partial charge is 0.396 e. The molecule has 1 saturated heterocycles. The number of aliphatic hydroxyl groups is 1. The van der Waals surface area contributed by atoms with E-state index in [1.165, 1.54) is 0 Å². The molecule has 1 aliphatic heterocycles. The number of nitrogens with zero attached hydrogens (tertiary/aromatic N) is 1. The van der Waals surface area contributed by atoms with Crippen LogP contribution < -0.4 is 0 Å². The maximum atomic E-state index is 11.6. The van der Waals surface area contributed by atoms with Gasteiger partial charge >= 0.3 is 0 Å². The van der Waals surface area contributed by atoms with Crippen LogP contribution >= 0.6 is 0 Å². The summed E-state index contributed by atoms with van der Waals surface area (Å²) in [6.45, 7) is 1.53. The van der Waals surface area contributed by atoms with E-state index in [4.69, 9.17) is 5.11 Å². The minimum Gasteiger partial charge on any atom is -0.396 e. The van der Waals surface area contributed by atoms with Crippen LogP contribution in [-0.2, 0) is 0 Å². The van der Waals surface area contributed by atoms with Crippen LogP contribution in [0.2, 0.25) is 0 Å². The van der Waals surface area contributed by atoms with Crippen molar-refractivity contribution in [1.82, 2.24) is 9.88 Å². The summed E-state index contributed by atoms with van der Waals surface area (Å²) in [7, 11) is 0. The predicted octanol–water partition coefficient (Wildman–Crippen LogP) is 0.0790. The zero-order chi connectivity index (χ0) is 9.26. The van der Waals surface area contributed by atoms with Gasteiger partial charge in [-0.3, -0.25) is 4.79 Å². The van der Waals surface area contributed by atoms with Crippen LogP contribution in [0.5, 0.6) is 0 Å². The number of H-pyrrole nitrogens is 1. The number of aromatic amines is 1. The average molecular weight is 180 g/mol. The Hall–Kier alpha value is -1.29. The summed E-state index contributed by atoms with van der Waals surface area (Å²) >= 11 is 0. The molecular formula is C9H12N2O2. The highest BCUT2D eigenvalue weighted by atomic mass is 16.3. The Kier molecular flexibility index (Phi) is 2.06. The first-order valence-corrected chi connectivity index (χ1v) is 4.35. The van der Waals surface area contributed by atoms with E-state index in [-0.39, 0.29) is 18.4 Å². The van der Waals surface area contributed by atoms with Gasteiger partial charge in [0.15, 0.2) is 0 Å².